The molecule has 7 aliphatic heterocycles. The molecule has 5 N–H and O–H groups in total. The number of nitrogens with zero attached hydrogens (tertiary/aromatic N) is 6. The maximum atomic E-state index is 12.3. The van der Waals surface area contributed by atoms with E-state index in [0.717, 1.165) is 29.4 Å². The molecule has 6 aromatic rings. The second kappa shape index (κ2) is 42.9. The minimum atomic E-state index is -0.523. The van der Waals surface area contributed by atoms with Crippen molar-refractivity contribution in [2.75, 3.05) is 166 Å². The number of ketones is 1. The number of hydrogen-bond donors (Lipinski definition) is 3. The Hall–Kier alpha value is -7.50. The summed E-state index contributed by atoms with van der Waals surface area (Å²) in [6.07, 6.45) is -0.510. The number of nitrogens with two attached hydrogens (primary N) is 2. The Balaban J connectivity index is 0.000000231. The van der Waals surface area contributed by atoms with Crippen molar-refractivity contribution >= 4 is 173 Å². The molecule has 7 fully saturated rings. The predicted molar refractivity (Wildman–Crippen MR) is 385 cm³/mol. The first-order valence-electron chi connectivity index (χ1n) is 31.2. The van der Waals surface area contributed by atoms with Crippen molar-refractivity contribution in [2.24, 2.45) is 5.73 Å². The summed E-state index contributed by atoms with van der Waals surface area (Å²) in [6.45, 7) is 8.51. The second-order valence-corrected chi connectivity index (χ2v) is 26.2. The van der Waals surface area contributed by atoms with E-state index < -0.39 is 24.2 Å². The summed E-state index contributed by atoms with van der Waals surface area (Å²) in [4.78, 5) is 125. The zero-order valence-corrected chi connectivity index (χ0v) is 62.8. The molecule has 2 aromatic heterocycles. The monoisotopic (exact) mass is 1540 g/mol. The molecular weight excluding hydrogens is 1460 g/mol. The molecule has 7 aliphatic rings. The number of nitrogen functional groups attached to an aromatic ring is 1. The average Bonchev–Trinajstić information content (AvgIpc) is 1.28. The second-order valence-electron chi connectivity index (χ2n) is 21.9. The molecule has 0 spiro atoms. The number of benzene rings is 4. The first kappa shape index (κ1) is 83.4. The van der Waals surface area contributed by atoms with Crippen molar-refractivity contribution in [1.29, 1.82) is 0 Å². The number of thiophene rings is 2. The van der Waals surface area contributed by atoms with Crippen molar-refractivity contribution in [2.45, 2.75) is 38.1 Å². The minimum absolute atomic E-state index is 0. The number of methoxy groups -OCH3 is 2. The van der Waals surface area contributed by atoms with Gasteiger partial charge in [0.05, 0.1) is 103 Å². The number of amides is 8. The molecule has 102 heavy (non-hydrogen) atoms. The van der Waals surface area contributed by atoms with Gasteiger partial charge in [-0.1, -0.05) is 23.2 Å². The molecule has 0 aliphatic carbocycles. The number of primary amides is 1. The summed E-state index contributed by atoms with van der Waals surface area (Å²) < 4.78 is 46.1. The molecule has 0 unspecified atom stereocenters. The number of cyclic esters (lactones) is 1. The van der Waals surface area contributed by atoms with E-state index >= 15 is 0 Å². The van der Waals surface area contributed by atoms with Crippen LogP contribution >= 0.6 is 69.1 Å². The summed E-state index contributed by atoms with van der Waals surface area (Å²) in [5, 5.41) is 2.18. The van der Waals surface area contributed by atoms with E-state index in [9.17, 15) is 47.9 Å². The van der Waals surface area contributed by atoms with Gasteiger partial charge in [0.2, 0.25) is 5.24 Å². The van der Waals surface area contributed by atoms with Crippen molar-refractivity contribution in [3.05, 3.63) is 140 Å². The Labute approximate surface area is 639 Å². The molecule has 3 atom stereocenters. The fourth-order valence-electron chi connectivity index (χ4n) is 9.48. The van der Waals surface area contributed by atoms with Gasteiger partial charge in [0.25, 0.3) is 29.5 Å². The predicted octanol–water partition coefficient (Wildman–Crippen LogP) is 6.65. The number of nitrogens with one attached hydrogen (secondary N) is 1. The average molecular weight is 1540 g/mol. The van der Waals surface area contributed by atoms with E-state index in [1.807, 2.05) is 36.4 Å². The van der Waals surface area contributed by atoms with Crippen LogP contribution in [0.2, 0.25) is 8.67 Å². The number of halogens is 4. The zero-order valence-electron chi connectivity index (χ0n) is 57.1. The number of morpholine rings is 4. The molecule has 28 nitrogen and oxygen atoms in total. The Morgan fingerprint density at radius 1 is 0.578 bits per heavy atom. The minimum Gasteiger partial charge on any atom is -1.00 e. The first-order valence-corrected chi connectivity index (χ1v) is 34.5. The van der Waals surface area contributed by atoms with Crippen LogP contribution in [-0.4, -0.2) is 203 Å². The largest absolute Gasteiger partial charge is 1.00 e. The van der Waals surface area contributed by atoms with Gasteiger partial charge in [-0.2, -0.15) is 0 Å². The van der Waals surface area contributed by atoms with Gasteiger partial charge in [-0.3, -0.25) is 48.7 Å². The maximum Gasteiger partial charge on any atom is 1.00 e. The Morgan fingerprint density at radius 2 is 0.971 bits per heavy atom. The smallest absolute Gasteiger partial charge is 1.00 e. The van der Waals surface area contributed by atoms with Gasteiger partial charge in [-0.25, -0.2) is 14.4 Å². The molecule has 13 rings (SSSR count). The number of rotatable bonds is 15. The van der Waals surface area contributed by atoms with Crippen LogP contribution in [0.5, 0.6) is 0 Å². The van der Waals surface area contributed by atoms with Crippen LogP contribution in [0.1, 0.15) is 40.5 Å². The molecular formula is C67H76Cl4N9NaO19S2. The van der Waals surface area contributed by atoms with Crippen LogP contribution < -0.4 is 75.7 Å². The molecule has 35 heteroatoms. The third-order valence-electron chi connectivity index (χ3n) is 14.7. The van der Waals surface area contributed by atoms with Gasteiger partial charge >= 0.3 is 47.8 Å². The molecule has 4 aromatic carbocycles. The van der Waals surface area contributed by atoms with Crippen molar-refractivity contribution in [3.8, 4) is 0 Å². The molecule has 8 amide bonds. The quantitative estimate of drug-likeness (QED) is 0.0184. The summed E-state index contributed by atoms with van der Waals surface area (Å²) in [6, 6.07) is 35.4. The summed E-state index contributed by atoms with van der Waals surface area (Å²) >= 11 is 23.7. The fraction of sp³-hybridized carbons (Fsp3) is 0.373. The number of epoxide rings is 2. The van der Waals surface area contributed by atoms with Gasteiger partial charge in [-0.05, 0) is 139 Å². The van der Waals surface area contributed by atoms with E-state index in [1.54, 1.807) is 109 Å². The number of hydrogen-bond acceptors (Lipinski definition) is 22. The van der Waals surface area contributed by atoms with Crippen molar-refractivity contribution in [3.63, 3.8) is 0 Å². The number of alkyl halides is 1. The van der Waals surface area contributed by atoms with Gasteiger partial charge in [0, 0.05) is 85.0 Å². The molecule has 9 heterocycles. The summed E-state index contributed by atoms with van der Waals surface area (Å²) in [7, 11) is 2.65. The van der Waals surface area contributed by atoms with Gasteiger partial charge in [0.15, 0.2) is 5.78 Å². The molecule has 544 valence electrons. The van der Waals surface area contributed by atoms with Crippen LogP contribution in [0.3, 0.4) is 0 Å². The number of carbonyl (C=O) groups is 10. The zero-order chi connectivity index (χ0) is 73.0. The van der Waals surface area contributed by atoms with Crippen LogP contribution in [0.4, 0.5) is 59.9 Å². The summed E-state index contributed by atoms with van der Waals surface area (Å²) in [5.74, 6) is 0.0373. The Morgan fingerprint density at radius 3 is 1.31 bits per heavy atom. The van der Waals surface area contributed by atoms with Crippen molar-refractivity contribution in [1.82, 2.24) is 0 Å². The SMILES string of the molecule is CC(=O)Cl.COC(=O)N(C[C@@H]1CO1)c1ccc(N2CCOCC2=O)cc1.COC(=O)Nc1ccc(N2CCOCC2=O)cc1.ClC[C@H]1CO1.NC(=O)c1ccc(Cl)s1.Nc1ccc(N2CCOCC2=O)cc1.O=C(CC[C@H]1CN(c2ccc(N3CCOCC3=O)cc2)C(=O)O1)c1ccc(Cl)s1.[H-].[Na+]. The molecule has 0 bridgehead atoms. The number of Topliss-reactive ketones (excluding diaryl/α,β-unsaturated/α-hetero) is 1. The first-order chi connectivity index (χ1) is 48.5. The van der Waals surface area contributed by atoms with E-state index in [2.05, 4.69) is 21.7 Å². The van der Waals surface area contributed by atoms with E-state index in [0.29, 0.717) is 138 Å². The third kappa shape index (κ3) is 27.6. The number of ether oxygens (including phenoxy) is 9. The molecule has 7 saturated heterocycles. The topological polar surface area (TPSA) is 344 Å². The van der Waals surface area contributed by atoms with Crippen LogP contribution in [0.15, 0.2) is 121 Å². The normalized spacial score (nSPS) is 17.9. The number of carbonyl (C=O) groups excluding carboxylic acids is 10. The Bertz CT molecular complexity index is 3770. The van der Waals surface area contributed by atoms with Crippen LogP contribution in [-0.2, 0) is 66.6 Å². The molecule has 0 saturated carbocycles. The standard InChI is InChI=1S/C20H19ClN2O5S.C15H18N2O5.C12H14N2O4.C10H12N2O2.C5H4ClNOS.C3H5ClO.C2H3ClO.Na.H/c21-18-8-7-17(29-18)16(24)6-5-15-11-23(20(26)28-15)14-3-1-13(2-4-14)22-9-10-27-12-19(22)25;1-20-15(19)17(8-13-9-22-13)12-4-2-11(3-5-12)16-6-7-21-10-14(16)18;1-17-12(16)13-9-2-4-10(5-3-9)14-6-7-18-8-11(14)15;11-8-1-3-9(4-2-8)12-5-6-14-7-10(12)13;6-4-2-1-3(9-4)5(7)8;4-1-3-2-5-3;1-2(3)4;;/h1-4,7-8,15H,5-6,9-12H2;2-5,13H,6-10H2,1H3;2-5H,6-8H2,1H3,(H,13,16);1-4H,5-7,11H2;1-2H,(H2,7,8);3H,1-2H2;1H3;;/q;;;;;;;+1;-1/t15-;13-;;;;3-;;;/m01...0.../s1. The molecule has 0 radical (unpaired) electrons. The van der Waals surface area contributed by atoms with Crippen LogP contribution in [0, 0.1) is 0 Å². The number of anilines is 8. The third-order valence-corrected chi connectivity index (χ3v) is 17.6. The van der Waals surface area contributed by atoms with Gasteiger partial charge in [0.1, 0.15) is 32.5 Å². The van der Waals surface area contributed by atoms with E-state index in [4.69, 9.17) is 84.2 Å². The fourth-order valence-corrected chi connectivity index (χ4v) is 11.6. The maximum absolute atomic E-state index is 12.3. The Kier molecular flexibility index (Phi) is 35.1. The van der Waals surface area contributed by atoms with Crippen LogP contribution in [0.25, 0.3) is 0 Å². The summed E-state index contributed by atoms with van der Waals surface area (Å²) in [5.41, 5.74) is 16.5. The van der Waals surface area contributed by atoms with E-state index in [-0.39, 0.29) is 104 Å². The van der Waals surface area contributed by atoms with E-state index in [1.165, 1.54) is 48.7 Å². The van der Waals surface area contributed by atoms with Gasteiger partial charge in [-0.15, -0.1) is 34.3 Å². The van der Waals surface area contributed by atoms with Crippen molar-refractivity contribution < 1.29 is 122 Å². The van der Waals surface area contributed by atoms with Gasteiger partial charge < -0.3 is 75.1 Å².